The van der Waals surface area contributed by atoms with Gasteiger partial charge in [0.1, 0.15) is 6.17 Å². The molecule has 0 saturated heterocycles. The molecule has 9 heavy (non-hydrogen) atoms. The average Bonchev–Trinajstić information content (AvgIpc) is 1.82. The van der Waals surface area contributed by atoms with Crippen molar-refractivity contribution in [2.75, 3.05) is 0 Å². The third kappa shape index (κ3) is 2.85. The summed E-state index contributed by atoms with van der Waals surface area (Å²) in [4.78, 5) is 0. The first-order valence-electron chi connectivity index (χ1n) is 2.81. The van der Waals surface area contributed by atoms with E-state index in [1.165, 1.54) is 13.0 Å². The van der Waals surface area contributed by atoms with Crippen molar-refractivity contribution in [3.05, 3.63) is 37.0 Å². The summed E-state index contributed by atoms with van der Waals surface area (Å²) in [6.07, 6.45) is 3.71. The minimum atomic E-state index is -0.944. The largest absolute Gasteiger partial charge is 0.243 e. The minimum Gasteiger partial charge on any atom is -0.243 e. The lowest BCUT2D eigenvalue weighted by atomic mass is 10.2. The molecule has 1 atom stereocenters. The Labute approximate surface area is 55.4 Å². The van der Waals surface area contributed by atoms with E-state index in [9.17, 15) is 4.39 Å². The van der Waals surface area contributed by atoms with Crippen LogP contribution in [0.3, 0.4) is 0 Å². The van der Waals surface area contributed by atoms with Gasteiger partial charge in [-0.05, 0) is 12.5 Å². The van der Waals surface area contributed by atoms with Gasteiger partial charge in [0.25, 0.3) is 0 Å². The van der Waals surface area contributed by atoms with Crippen LogP contribution in [-0.2, 0) is 0 Å². The van der Waals surface area contributed by atoms with Gasteiger partial charge < -0.3 is 0 Å². The Kier molecular flexibility index (Phi) is 3.69. The quantitative estimate of drug-likeness (QED) is 0.510. The fourth-order valence-electron chi connectivity index (χ4n) is 0.499. The summed E-state index contributed by atoms with van der Waals surface area (Å²) in [5.74, 6) is 0. The van der Waals surface area contributed by atoms with Gasteiger partial charge in [-0.25, -0.2) is 4.39 Å². The molecule has 50 valence electrons. The van der Waals surface area contributed by atoms with E-state index in [0.717, 1.165) is 0 Å². The first-order chi connectivity index (χ1) is 4.22. The fourth-order valence-corrected chi connectivity index (χ4v) is 0.499. The Morgan fingerprint density at radius 1 is 1.56 bits per heavy atom. The van der Waals surface area contributed by atoms with E-state index in [1.807, 2.05) is 0 Å². The summed E-state index contributed by atoms with van der Waals surface area (Å²) in [6, 6.07) is 0. The van der Waals surface area contributed by atoms with Crippen molar-refractivity contribution in [1.29, 1.82) is 0 Å². The summed E-state index contributed by atoms with van der Waals surface area (Å²) >= 11 is 0. The maximum atomic E-state index is 12.4. The molecular formula is C8H11F. The van der Waals surface area contributed by atoms with Crippen LogP contribution in [0.15, 0.2) is 37.0 Å². The molecule has 0 aliphatic carbocycles. The molecule has 0 heterocycles. The van der Waals surface area contributed by atoms with Gasteiger partial charge >= 0.3 is 0 Å². The number of alkyl halides is 1. The molecule has 0 bridgehead atoms. The van der Waals surface area contributed by atoms with Gasteiger partial charge in [0.2, 0.25) is 0 Å². The van der Waals surface area contributed by atoms with Crippen molar-refractivity contribution < 1.29 is 4.39 Å². The fraction of sp³-hybridized carbons (Fsp3) is 0.250. The predicted octanol–water partition coefficient (Wildman–Crippen LogP) is 2.64. The smallest absolute Gasteiger partial charge is 0.122 e. The Bertz CT molecular complexity index is 132. The molecule has 0 aliphatic heterocycles. The number of hydrogen-bond donors (Lipinski definition) is 0. The highest BCUT2D eigenvalue weighted by Crippen LogP contribution is 2.06. The standard InChI is InChI=1S/C8H11F/c1-4-6-8(5-2)7(3)9/h4-7H,1-2H2,3H3/b8-6+. The lowest BCUT2D eigenvalue weighted by Gasteiger charge is -1.98. The lowest BCUT2D eigenvalue weighted by molar-refractivity contribution is 0.417. The van der Waals surface area contributed by atoms with E-state index >= 15 is 0 Å². The maximum absolute atomic E-state index is 12.4. The molecule has 0 aromatic rings. The topological polar surface area (TPSA) is 0 Å². The predicted molar refractivity (Wildman–Crippen MR) is 39.0 cm³/mol. The van der Waals surface area contributed by atoms with E-state index in [1.54, 1.807) is 12.2 Å². The van der Waals surface area contributed by atoms with E-state index in [4.69, 9.17) is 0 Å². The van der Waals surface area contributed by atoms with Crippen molar-refractivity contribution in [3.63, 3.8) is 0 Å². The highest BCUT2D eigenvalue weighted by atomic mass is 19.1. The average molecular weight is 126 g/mol. The molecule has 0 radical (unpaired) electrons. The van der Waals surface area contributed by atoms with Crippen LogP contribution in [-0.4, -0.2) is 6.17 Å². The second-order valence-electron chi connectivity index (χ2n) is 1.72. The highest BCUT2D eigenvalue weighted by Gasteiger charge is 1.98. The van der Waals surface area contributed by atoms with Gasteiger partial charge in [-0.15, -0.1) is 0 Å². The van der Waals surface area contributed by atoms with Crippen molar-refractivity contribution in [2.45, 2.75) is 13.1 Å². The Morgan fingerprint density at radius 2 is 2.11 bits per heavy atom. The second-order valence-corrected chi connectivity index (χ2v) is 1.72. The van der Waals surface area contributed by atoms with Crippen molar-refractivity contribution in [1.82, 2.24) is 0 Å². The van der Waals surface area contributed by atoms with E-state index in [2.05, 4.69) is 13.2 Å². The van der Waals surface area contributed by atoms with Gasteiger partial charge in [0, 0.05) is 0 Å². The normalized spacial score (nSPS) is 14.7. The summed E-state index contributed by atoms with van der Waals surface area (Å²) in [5.41, 5.74) is 0.574. The third-order valence-electron chi connectivity index (χ3n) is 1.01. The molecule has 0 spiro atoms. The van der Waals surface area contributed by atoms with Gasteiger partial charge in [-0.3, -0.25) is 0 Å². The first kappa shape index (κ1) is 8.15. The molecule has 0 aromatic heterocycles. The summed E-state index contributed by atoms with van der Waals surface area (Å²) in [5, 5.41) is 0. The summed E-state index contributed by atoms with van der Waals surface area (Å²) < 4.78 is 12.4. The van der Waals surface area contributed by atoms with Crippen LogP contribution in [0.4, 0.5) is 4.39 Å². The molecule has 0 N–H and O–H groups in total. The van der Waals surface area contributed by atoms with Crippen LogP contribution in [0.25, 0.3) is 0 Å². The molecule has 0 nitrogen and oxygen atoms in total. The maximum Gasteiger partial charge on any atom is 0.122 e. The Hall–Kier alpha value is -0.850. The zero-order valence-electron chi connectivity index (χ0n) is 5.60. The van der Waals surface area contributed by atoms with Gasteiger partial charge in [0.15, 0.2) is 0 Å². The third-order valence-corrected chi connectivity index (χ3v) is 1.01. The molecule has 0 amide bonds. The van der Waals surface area contributed by atoms with E-state index in [-0.39, 0.29) is 0 Å². The molecule has 1 unspecified atom stereocenters. The number of halogens is 1. The van der Waals surface area contributed by atoms with Gasteiger partial charge in [-0.1, -0.05) is 31.4 Å². The molecular weight excluding hydrogens is 115 g/mol. The van der Waals surface area contributed by atoms with Crippen molar-refractivity contribution >= 4 is 0 Å². The molecule has 0 saturated carbocycles. The second kappa shape index (κ2) is 4.07. The summed E-state index contributed by atoms with van der Waals surface area (Å²) in [7, 11) is 0. The monoisotopic (exact) mass is 126 g/mol. The number of allylic oxidation sites excluding steroid dienone is 4. The van der Waals surface area contributed by atoms with Crippen molar-refractivity contribution in [2.24, 2.45) is 0 Å². The Morgan fingerprint density at radius 3 is 2.22 bits per heavy atom. The van der Waals surface area contributed by atoms with Crippen LogP contribution >= 0.6 is 0 Å². The highest BCUT2D eigenvalue weighted by molar-refractivity contribution is 5.24. The zero-order chi connectivity index (χ0) is 7.28. The van der Waals surface area contributed by atoms with E-state index < -0.39 is 6.17 Å². The van der Waals surface area contributed by atoms with Crippen molar-refractivity contribution in [3.8, 4) is 0 Å². The molecule has 1 heteroatoms. The van der Waals surface area contributed by atoms with Crippen LogP contribution in [0.2, 0.25) is 0 Å². The molecule has 0 rings (SSSR count). The van der Waals surface area contributed by atoms with Gasteiger partial charge in [-0.2, -0.15) is 0 Å². The number of hydrogen-bond acceptors (Lipinski definition) is 0. The molecule has 0 aliphatic rings. The van der Waals surface area contributed by atoms with Crippen LogP contribution in [0.5, 0.6) is 0 Å². The molecule has 0 fully saturated rings. The SMILES string of the molecule is C=C/C=C(\C=C)C(C)F. The van der Waals surface area contributed by atoms with Crippen LogP contribution < -0.4 is 0 Å². The zero-order valence-corrected chi connectivity index (χ0v) is 5.60. The van der Waals surface area contributed by atoms with Crippen LogP contribution in [0, 0.1) is 0 Å². The van der Waals surface area contributed by atoms with E-state index in [0.29, 0.717) is 5.57 Å². The lowest BCUT2D eigenvalue weighted by Crippen LogP contribution is -1.93. The molecule has 0 aromatic carbocycles. The van der Waals surface area contributed by atoms with Crippen LogP contribution in [0.1, 0.15) is 6.92 Å². The number of rotatable bonds is 3. The summed E-state index contributed by atoms with van der Waals surface area (Å²) in [6.45, 7) is 8.35. The minimum absolute atomic E-state index is 0.574. The Balaban J connectivity index is 4.13. The van der Waals surface area contributed by atoms with Gasteiger partial charge in [0.05, 0.1) is 0 Å². The first-order valence-corrected chi connectivity index (χ1v) is 2.81.